The first-order valence-electron chi connectivity index (χ1n) is 6.95. The first-order chi connectivity index (χ1) is 11.5. The fraction of sp³-hybridized carbons (Fsp3) is 0.133. The summed E-state index contributed by atoms with van der Waals surface area (Å²) < 4.78 is 5.17. The van der Waals surface area contributed by atoms with Crippen LogP contribution < -0.4 is 15.4 Å². The van der Waals surface area contributed by atoms with E-state index in [0.717, 1.165) is 6.07 Å². The summed E-state index contributed by atoms with van der Waals surface area (Å²) in [7, 11) is 0. The molecule has 1 aromatic heterocycles. The molecule has 0 bridgehead atoms. The second-order valence-corrected chi connectivity index (χ2v) is 4.93. The molecule has 1 heterocycles. The third kappa shape index (κ3) is 4.46. The van der Waals surface area contributed by atoms with Crippen LogP contribution in [0.25, 0.3) is 0 Å². The first-order valence-corrected chi connectivity index (χ1v) is 7.35. The SMILES string of the molecule is CCOc1ccc(C(=O)NC(=S)Nc2cccnc2)cc1[N+](=O)[O-]. The van der Waals surface area contributed by atoms with Crippen molar-refractivity contribution in [2.75, 3.05) is 11.9 Å². The van der Waals surface area contributed by atoms with Crippen molar-refractivity contribution in [1.29, 1.82) is 0 Å². The molecule has 0 saturated carbocycles. The van der Waals surface area contributed by atoms with Gasteiger partial charge in [-0.15, -0.1) is 0 Å². The van der Waals surface area contributed by atoms with Gasteiger partial charge in [-0.3, -0.25) is 25.2 Å². The monoisotopic (exact) mass is 346 g/mol. The minimum atomic E-state index is -0.603. The number of carbonyl (C=O) groups is 1. The summed E-state index contributed by atoms with van der Waals surface area (Å²) >= 11 is 5.03. The zero-order valence-electron chi connectivity index (χ0n) is 12.7. The zero-order valence-corrected chi connectivity index (χ0v) is 13.5. The van der Waals surface area contributed by atoms with Gasteiger partial charge in [0.2, 0.25) is 0 Å². The van der Waals surface area contributed by atoms with Crippen LogP contribution >= 0.6 is 12.2 Å². The predicted molar refractivity (Wildman–Crippen MR) is 92.2 cm³/mol. The summed E-state index contributed by atoms with van der Waals surface area (Å²) in [5, 5.41) is 16.4. The summed E-state index contributed by atoms with van der Waals surface area (Å²) in [4.78, 5) is 26.6. The Morgan fingerprint density at radius 3 is 2.83 bits per heavy atom. The van der Waals surface area contributed by atoms with Crippen molar-refractivity contribution < 1.29 is 14.5 Å². The number of anilines is 1. The summed E-state index contributed by atoms with van der Waals surface area (Å²) in [6.07, 6.45) is 3.14. The van der Waals surface area contributed by atoms with Crippen molar-refractivity contribution in [3.05, 3.63) is 58.4 Å². The van der Waals surface area contributed by atoms with E-state index in [4.69, 9.17) is 17.0 Å². The zero-order chi connectivity index (χ0) is 17.5. The molecule has 1 amide bonds. The lowest BCUT2D eigenvalue weighted by Gasteiger charge is -2.10. The van der Waals surface area contributed by atoms with Crippen LogP contribution in [-0.2, 0) is 0 Å². The van der Waals surface area contributed by atoms with Crippen molar-refractivity contribution in [3.8, 4) is 5.75 Å². The molecule has 2 aromatic rings. The second-order valence-electron chi connectivity index (χ2n) is 4.52. The number of nitrogens with zero attached hydrogens (tertiary/aromatic N) is 2. The number of nitro benzene ring substituents is 1. The largest absolute Gasteiger partial charge is 0.487 e. The summed E-state index contributed by atoms with van der Waals surface area (Å²) in [5.41, 5.74) is 0.427. The van der Waals surface area contributed by atoms with Crippen molar-refractivity contribution in [2.45, 2.75) is 6.92 Å². The smallest absolute Gasteiger partial charge is 0.311 e. The van der Waals surface area contributed by atoms with Gasteiger partial charge in [0.15, 0.2) is 10.9 Å². The number of benzene rings is 1. The lowest BCUT2D eigenvalue weighted by atomic mass is 10.1. The molecule has 0 fully saturated rings. The van der Waals surface area contributed by atoms with Crippen molar-refractivity contribution >= 4 is 34.6 Å². The number of carbonyl (C=O) groups excluding carboxylic acids is 1. The summed E-state index contributed by atoms with van der Waals surface area (Å²) in [6, 6.07) is 7.40. The highest BCUT2D eigenvalue weighted by molar-refractivity contribution is 7.80. The molecule has 0 unspecified atom stereocenters. The van der Waals surface area contributed by atoms with Crippen LogP contribution in [0.3, 0.4) is 0 Å². The Morgan fingerprint density at radius 1 is 1.42 bits per heavy atom. The molecule has 0 aliphatic heterocycles. The molecule has 2 rings (SSSR count). The van der Waals surface area contributed by atoms with Gasteiger partial charge in [-0.1, -0.05) is 0 Å². The van der Waals surface area contributed by atoms with Crippen LogP contribution in [0, 0.1) is 10.1 Å². The van der Waals surface area contributed by atoms with Crippen LogP contribution in [0.5, 0.6) is 5.75 Å². The van der Waals surface area contributed by atoms with Gasteiger partial charge in [-0.25, -0.2) is 0 Å². The fourth-order valence-electron chi connectivity index (χ4n) is 1.85. The maximum atomic E-state index is 12.2. The number of amides is 1. The topological polar surface area (TPSA) is 106 Å². The normalized spacial score (nSPS) is 9.88. The number of thiocarbonyl (C=S) groups is 1. The third-order valence-electron chi connectivity index (χ3n) is 2.86. The first kappa shape index (κ1) is 17.3. The van der Waals surface area contributed by atoms with Gasteiger partial charge in [0, 0.05) is 17.8 Å². The number of hydrogen-bond donors (Lipinski definition) is 2. The molecule has 1 aromatic carbocycles. The molecule has 0 aliphatic rings. The van der Waals surface area contributed by atoms with Gasteiger partial charge >= 0.3 is 5.69 Å². The average molecular weight is 346 g/mol. The van der Waals surface area contributed by atoms with E-state index >= 15 is 0 Å². The third-order valence-corrected chi connectivity index (χ3v) is 3.07. The van der Waals surface area contributed by atoms with Crippen molar-refractivity contribution in [1.82, 2.24) is 10.3 Å². The molecule has 2 N–H and O–H groups in total. The molecule has 0 atom stereocenters. The van der Waals surface area contributed by atoms with E-state index in [1.54, 1.807) is 31.5 Å². The number of rotatable bonds is 5. The maximum Gasteiger partial charge on any atom is 0.311 e. The molecule has 0 saturated heterocycles. The molecule has 124 valence electrons. The number of nitrogens with one attached hydrogen (secondary N) is 2. The van der Waals surface area contributed by atoms with Crippen LogP contribution in [0.4, 0.5) is 11.4 Å². The second kappa shape index (κ2) is 7.97. The quantitative estimate of drug-likeness (QED) is 0.487. The van der Waals surface area contributed by atoms with E-state index in [2.05, 4.69) is 15.6 Å². The number of ether oxygens (including phenoxy) is 1. The van der Waals surface area contributed by atoms with Gasteiger partial charge in [0.1, 0.15) is 0 Å². The number of nitro groups is 1. The van der Waals surface area contributed by atoms with Gasteiger partial charge < -0.3 is 10.1 Å². The van der Waals surface area contributed by atoms with Crippen molar-refractivity contribution in [2.24, 2.45) is 0 Å². The minimum absolute atomic E-state index is 0.0598. The Labute approximate surface area is 143 Å². The van der Waals surface area contributed by atoms with E-state index in [9.17, 15) is 14.9 Å². The highest BCUT2D eigenvalue weighted by atomic mass is 32.1. The van der Waals surface area contributed by atoms with Gasteiger partial charge in [0.25, 0.3) is 5.91 Å². The molecule has 0 radical (unpaired) electrons. The van der Waals surface area contributed by atoms with E-state index in [-0.39, 0.29) is 28.7 Å². The highest BCUT2D eigenvalue weighted by Crippen LogP contribution is 2.27. The van der Waals surface area contributed by atoms with E-state index in [1.807, 2.05) is 0 Å². The maximum absolute atomic E-state index is 12.2. The van der Waals surface area contributed by atoms with Crippen LogP contribution in [0.15, 0.2) is 42.7 Å². The number of aromatic nitrogens is 1. The predicted octanol–water partition coefficient (Wildman–Crippen LogP) is 2.52. The van der Waals surface area contributed by atoms with E-state index in [0.29, 0.717) is 5.69 Å². The Balaban J connectivity index is 2.10. The lowest BCUT2D eigenvalue weighted by molar-refractivity contribution is -0.385. The molecule has 0 spiro atoms. The van der Waals surface area contributed by atoms with Gasteiger partial charge in [0.05, 0.1) is 23.4 Å². The Kier molecular flexibility index (Phi) is 5.74. The Bertz CT molecular complexity index is 767. The van der Waals surface area contributed by atoms with Crippen LogP contribution in [-0.4, -0.2) is 27.5 Å². The molecule has 0 aliphatic carbocycles. The van der Waals surface area contributed by atoms with Gasteiger partial charge in [-0.05, 0) is 43.4 Å². The Hall–Kier alpha value is -3.07. The van der Waals surface area contributed by atoms with E-state index < -0.39 is 10.8 Å². The minimum Gasteiger partial charge on any atom is -0.487 e. The molecule has 8 nitrogen and oxygen atoms in total. The molecule has 9 heteroatoms. The standard InChI is InChI=1S/C15H14N4O4S/c1-2-23-13-6-5-10(8-12(13)19(21)22)14(20)18-15(24)17-11-4-3-7-16-9-11/h3-9H,2H2,1H3,(H2,17,18,20,24). The van der Waals surface area contributed by atoms with Crippen LogP contribution in [0.2, 0.25) is 0 Å². The number of pyridine rings is 1. The molecular formula is C15H14N4O4S. The number of hydrogen-bond acceptors (Lipinski definition) is 6. The molecule has 24 heavy (non-hydrogen) atoms. The van der Waals surface area contributed by atoms with E-state index in [1.165, 1.54) is 12.1 Å². The highest BCUT2D eigenvalue weighted by Gasteiger charge is 2.19. The van der Waals surface area contributed by atoms with Crippen molar-refractivity contribution in [3.63, 3.8) is 0 Å². The Morgan fingerprint density at radius 2 is 2.21 bits per heavy atom. The van der Waals surface area contributed by atoms with Crippen LogP contribution in [0.1, 0.15) is 17.3 Å². The lowest BCUT2D eigenvalue weighted by Crippen LogP contribution is -2.34. The average Bonchev–Trinajstić information content (AvgIpc) is 2.56. The fourth-order valence-corrected chi connectivity index (χ4v) is 2.06. The molecular weight excluding hydrogens is 332 g/mol. The summed E-state index contributed by atoms with van der Waals surface area (Å²) in [6.45, 7) is 2.00. The van der Waals surface area contributed by atoms with Gasteiger partial charge in [-0.2, -0.15) is 0 Å². The summed E-state index contributed by atoms with van der Waals surface area (Å²) in [5.74, 6) is -0.461.